The van der Waals surface area contributed by atoms with Crippen LogP contribution in [-0.2, 0) is 9.59 Å². The maximum Gasteiger partial charge on any atom is 0.178 e. The smallest absolute Gasteiger partial charge is 0.178 e. The molecule has 0 spiro atoms. The Balaban J connectivity index is 1.70. The third kappa shape index (κ3) is 2.26. The quantitative estimate of drug-likeness (QED) is 0.573. The molecule has 0 aromatic rings. The standard InChI is InChI=1S/C21H25NO3/c1-20-9-7-14(23)11-13(20)3-4-15-16-5-6-18(19(24)12-22-25)21(16,2)10-8-17(15)20/h7-9,11,15-16,18H,3-6,10,12H2,1-2H3/t15?,16?,18-,20+,21+/m1/s1. The van der Waals surface area contributed by atoms with Gasteiger partial charge in [-0.3, -0.25) is 9.59 Å². The molecule has 0 aromatic heterocycles. The molecule has 0 aromatic carbocycles. The van der Waals surface area contributed by atoms with E-state index in [0.29, 0.717) is 11.8 Å². The maximum absolute atomic E-state index is 12.4. The van der Waals surface area contributed by atoms with E-state index < -0.39 is 0 Å². The number of fused-ring (bicyclic) bond motifs is 5. The molecular weight excluding hydrogens is 314 g/mol. The van der Waals surface area contributed by atoms with Crippen molar-refractivity contribution in [3.05, 3.63) is 40.4 Å². The summed E-state index contributed by atoms with van der Waals surface area (Å²) in [4.78, 5) is 34.8. The van der Waals surface area contributed by atoms with Crippen LogP contribution in [0, 0.1) is 33.5 Å². The van der Waals surface area contributed by atoms with Gasteiger partial charge in [0.15, 0.2) is 11.6 Å². The summed E-state index contributed by atoms with van der Waals surface area (Å²) in [6.45, 7) is 4.28. The Hall–Kier alpha value is -1.84. The van der Waals surface area contributed by atoms with Crippen molar-refractivity contribution < 1.29 is 9.59 Å². The molecule has 0 aliphatic heterocycles. The highest BCUT2D eigenvalue weighted by Gasteiger charge is 2.56. The Bertz CT molecular complexity index is 746. The van der Waals surface area contributed by atoms with E-state index in [4.69, 9.17) is 0 Å². The monoisotopic (exact) mass is 339 g/mol. The molecule has 132 valence electrons. The summed E-state index contributed by atoms with van der Waals surface area (Å²) in [7, 11) is 0. The van der Waals surface area contributed by atoms with Crippen molar-refractivity contribution in [3.63, 3.8) is 0 Å². The van der Waals surface area contributed by atoms with Gasteiger partial charge in [-0.05, 0) is 68.4 Å². The number of nitrogens with zero attached hydrogens (tertiary/aromatic N) is 1. The lowest BCUT2D eigenvalue weighted by atomic mass is 9.52. The van der Waals surface area contributed by atoms with Crippen molar-refractivity contribution in [2.75, 3.05) is 6.54 Å². The number of hydrogen-bond donors (Lipinski definition) is 0. The minimum atomic E-state index is -0.191. The Morgan fingerprint density at radius 2 is 2.08 bits per heavy atom. The van der Waals surface area contributed by atoms with Gasteiger partial charge < -0.3 is 0 Å². The second kappa shape index (κ2) is 5.58. The van der Waals surface area contributed by atoms with E-state index in [-0.39, 0.29) is 34.9 Å². The predicted octanol–water partition coefficient (Wildman–Crippen LogP) is 4.17. The number of Topliss-reactive ketones (excluding diaryl/α,β-unsaturated/α-hetero) is 1. The minimum absolute atomic E-state index is 0.0163. The van der Waals surface area contributed by atoms with Crippen LogP contribution in [0.4, 0.5) is 0 Å². The van der Waals surface area contributed by atoms with Crippen LogP contribution in [0.1, 0.15) is 46.0 Å². The van der Waals surface area contributed by atoms with E-state index in [9.17, 15) is 14.5 Å². The lowest BCUT2D eigenvalue weighted by Crippen LogP contribution is -2.45. The molecule has 0 N–H and O–H groups in total. The highest BCUT2D eigenvalue weighted by Crippen LogP contribution is 2.63. The normalized spacial score (nSPS) is 42.0. The zero-order valence-electron chi connectivity index (χ0n) is 15.0. The Labute approximate surface area is 148 Å². The number of nitroso groups, excluding NO2 is 1. The molecular formula is C21H25NO3. The number of ketones is 2. The van der Waals surface area contributed by atoms with Crippen molar-refractivity contribution in [2.24, 2.45) is 33.8 Å². The first-order valence-electron chi connectivity index (χ1n) is 9.37. The van der Waals surface area contributed by atoms with Crippen LogP contribution in [0.5, 0.6) is 0 Å². The van der Waals surface area contributed by atoms with E-state index in [1.807, 2.05) is 6.08 Å². The number of carbonyl (C=O) groups excluding carboxylic acids is 2. The van der Waals surface area contributed by atoms with Crippen LogP contribution < -0.4 is 0 Å². The summed E-state index contributed by atoms with van der Waals surface area (Å²) in [6, 6.07) is 0. The van der Waals surface area contributed by atoms with Crippen LogP contribution in [0.25, 0.3) is 0 Å². The zero-order valence-corrected chi connectivity index (χ0v) is 15.0. The SMILES string of the molecule is C[C@]12C=CC(=O)C=C1CCC1C2=CC[C@@]2(C)C1CC[C@@H]2C(=O)CN=O. The molecule has 0 radical (unpaired) electrons. The van der Waals surface area contributed by atoms with Crippen LogP contribution in [0.3, 0.4) is 0 Å². The largest absolute Gasteiger partial charge is 0.297 e. The third-order valence-electron chi connectivity index (χ3n) is 7.55. The minimum Gasteiger partial charge on any atom is -0.297 e. The molecule has 4 aliphatic carbocycles. The van der Waals surface area contributed by atoms with Gasteiger partial charge >= 0.3 is 0 Å². The predicted molar refractivity (Wildman–Crippen MR) is 95.8 cm³/mol. The Morgan fingerprint density at radius 1 is 1.28 bits per heavy atom. The second-order valence-corrected chi connectivity index (χ2v) is 8.61. The van der Waals surface area contributed by atoms with Crippen LogP contribution in [0.2, 0.25) is 0 Å². The van der Waals surface area contributed by atoms with Gasteiger partial charge in [-0.1, -0.05) is 35.4 Å². The summed E-state index contributed by atoms with van der Waals surface area (Å²) < 4.78 is 0. The molecule has 5 atom stereocenters. The third-order valence-corrected chi connectivity index (χ3v) is 7.55. The number of rotatable bonds is 3. The van der Waals surface area contributed by atoms with E-state index in [2.05, 4.69) is 31.2 Å². The van der Waals surface area contributed by atoms with Crippen molar-refractivity contribution in [1.29, 1.82) is 0 Å². The molecule has 0 saturated heterocycles. The average Bonchev–Trinajstić information content (AvgIpc) is 2.93. The molecule has 0 amide bonds. The highest BCUT2D eigenvalue weighted by molar-refractivity contribution is 6.01. The molecule has 4 heteroatoms. The van der Waals surface area contributed by atoms with Gasteiger partial charge in [0, 0.05) is 11.3 Å². The first-order valence-corrected chi connectivity index (χ1v) is 9.37. The summed E-state index contributed by atoms with van der Waals surface area (Å²) in [5.41, 5.74) is 2.49. The van der Waals surface area contributed by atoms with E-state index >= 15 is 0 Å². The molecule has 2 saturated carbocycles. The van der Waals surface area contributed by atoms with Gasteiger partial charge in [0.2, 0.25) is 0 Å². The van der Waals surface area contributed by atoms with Crippen molar-refractivity contribution in [1.82, 2.24) is 0 Å². The summed E-state index contributed by atoms with van der Waals surface area (Å²) >= 11 is 0. The zero-order chi connectivity index (χ0) is 17.8. The number of hydrogen-bond acceptors (Lipinski definition) is 4. The molecule has 0 heterocycles. The van der Waals surface area contributed by atoms with Gasteiger partial charge in [-0.25, -0.2) is 0 Å². The average molecular weight is 339 g/mol. The fraction of sp³-hybridized carbons (Fsp3) is 0.619. The van der Waals surface area contributed by atoms with Gasteiger partial charge in [-0.2, -0.15) is 4.91 Å². The van der Waals surface area contributed by atoms with Gasteiger partial charge in [0.1, 0.15) is 6.54 Å². The van der Waals surface area contributed by atoms with Gasteiger partial charge in [0.25, 0.3) is 0 Å². The first kappa shape index (κ1) is 16.6. The Morgan fingerprint density at radius 3 is 2.84 bits per heavy atom. The molecule has 2 unspecified atom stereocenters. The van der Waals surface area contributed by atoms with Crippen LogP contribution in [0.15, 0.2) is 40.6 Å². The maximum atomic E-state index is 12.4. The lowest BCUT2D eigenvalue weighted by molar-refractivity contribution is -0.125. The molecule has 4 nitrogen and oxygen atoms in total. The molecule has 2 fully saturated rings. The van der Waals surface area contributed by atoms with Gasteiger partial charge in [0.05, 0.1) is 0 Å². The van der Waals surface area contributed by atoms with E-state index in [1.54, 1.807) is 6.08 Å². The lowest BCUT2D eigenvalue weighted by Gasteiger charge is -2.52. The molecule has 0 bridgehead atoms. The summed E-state index contributed by atoms with van der Waals surface area (Å²) in [6.07, 6.45) is 12.8. The highest BCUT2D eigenvalue weighted by atomic mass is 16.3. The van der Waals surface area contributed by atoms with Crippen molar-refractivity contribution in [2.45, 2.75) is 46.0 Å². The second-order valence-electron chi connectivity index (χ2n) is 8.61. The fourth-order valence-electron chi connectivity index (χ4n) is 6.22. The van der Waals surface area contributed by atoms with Crippen LogP contribution in [-0.4, -0.2) is 18.1 Å². The Kier molecular flexibility index (Phi) is 3.71. The molecule has 25 heavy (non-hydrogen) atoms. The molecule has 4 rings (SSSR count). The number of carbonyl (C=O) groups is 2. The first-order chi connectivity index (χ1) is 11.9. The summed E-state index contributed by atoms with van der Waals surface area (Å²) in [5, 5.41) is 2.84. The van der Waals surface area contributed by atoms with Crippen molar-refractivity contribution in [3.8, 4) is 0 Å². The summed E-state index contributed by atoms with van der Waals surface area (Å²) in [5.74, 6) is 1.03. The van der Waals surface area contributed by atoms with Crippen molar-refractivity contribution >= 4 is 11.6 Å². The van der Waals surface area contributed by atoms with E-state index in [0.717, 1.165) is 32.1 Å². The topological polar surface area (TPSA) is 63.6 Å². The van der Waals surface area contributed by atoms with Crippen LogP contribution >= 0.6 is 0 Å². The molecule has 4 aliphatic rings. The number of allylic oxidation sites excluding steroid dienone is 6. The van der Waals surface area contributed by atoms with Gasteiger partial charge in [-0.15, -0.1) is 0 Å². The van der Waals surface area contributed by atoms with E-state index in [1.165, 1.54) is 11.1 Å². The fourth-order valence-corrected chi connectivity index (χ4v) is 6.22.